The van der Waals surface area contributed by atoms with Gasteiger partial charge in [-0.15, -0.1) is 0 Å². The van der Waals surface area contributed by atoms with Gasteiger partial charge in [0.15, 0.2) is 0 Å². The van der Waals surface area contributed by atoms with Crippen LogP contribution in [0.15, 0.2) is 16.6 Å². The minimum atomic E-state index is 0.867. The lowest BCUT2D eigenvalue weighted by Crippen LogP contribution is -2.16. The third-order valence-corrected chi connectivity index (χ3v) is 2.75. The van der Waals surface area contributed by atoms with E-state index in [0.29, 0.717) is 0 Å². The molecule has 0 aliphatic heterocycles. The second kappa shape index (κ2) is 5.66. The van der Waals surface area contributed by atoms with Crippen LogP contribution >= 0.6 is 15.9 Å². The Morgan fingerprint density at radius 3 is 1.69 bits per heavy atom. The zero-order chi connectivity index (χ0) is 12.3. The van der Waals surface area contributed by atoms with Crippen molar-refractivity contribution < 1.29 is 0 Å². The fourth-order valence-corrected chi connectivity index (χ4v) is 2.23. The number of benzene rings is 1. The maximum Gasteiger partial charge on any atom is 0.0406 e. The number of rotatable bonds is 4. The van der Waals surface area contributed by atoms with Crippen molar-refractivity contribution in [2.45, 2.75) is 13.1 Å². The molecule has 0 saturated carbocycles. The van der Waals surface area contributed by atoms with Crippen LogP contribution in [0.3, 0.4) is 0 Å². The summed E-state index contributed by atoms with van der Waals surface area (Å²) in [5, 5.41) is 0. The monoisotopic (exact) mass is 285 g/mol. The first-order valence-electron chi connectivity index (χ1n) is 5.26. The number of halogens is 1. The van der Waals surface area contributed by atoms with E-state index in [-0.39, 0.29) is 0 Å². The molecule has 2 N–H and O–H groups in total. The highest BCUT2D eigenvalue weighted by Crippen LogP contribution is 2.25. The molecular formula is C12H20BrN3. The molecule has 0 saturated heterocycles. The van der Waals surface area contributed by atoms with Gasteiger partial charge in [-0.05, 0) is 51.5 Å². The Hall–Kier alpha value is -0.580. The molecule has 0 aliphatic carbocycles. The molecule has 0 fully saturated rings. The van der Waals surface area contributed by atoms with Crippen molar-refractivity contribution in [3.05, 3.63) is 27.7 Å². The van der Waals surface area contributed by atoms with Gasteiger partial charge in [0, 0.05) is 23.2 Å². The lowest BCUT2D eigenvalue weighted by atomic mass is 10.1. The molecule has 0 radical (unpaired) electrons. The lowest BCUT2D eigenvalue weighted by Gasteiger charge is -2.18. The molecule has 4 heteroatoms. The molecule has 16 heavy (non-hydrogen) atoms. The van der Waals surface area contributed by atoms with Gasteiger partial charge in [-0.1, -0.05) is 15.9 Å². The van der Waals surface area contributed by atoms with Crippen molar-refractivity contribution in [2.75, 3.05) is 33.9 Å². The highest BCUT2D eigenvalue weighted by Gasteiger charge is 2.08. The van der Waals surface area contributed by atoms with Gasteiger partial charge in [-0.25, -0.2) is 0 Å². The summed E-state index contributed by atoms with van der Waals surface area (Å²) in [6, 6.07) is 4.18. The summed E-state index contributed by atoms with van der Waals surface area (Å²) >= 11 is 3.53. The fourth-order valence-electron chi connectivity index (χ4n) is 1.68. The van der Waals surface area contributed by atoms with Crippen LogP contribution < -0.4 is 5.73 Å². The molecule has 0 heterocycles. The van der Waals surface area contributed by atoms with E-state index >= 15 is 0 Å². The van der Waals surface area contributed by atoms with Crippen molar-refractivity contribution >= 4 is 21.6 Å². The Balaban J connectivity index is 3.05. The third-order valence-electron chi connectivity index (χ3n) is 2.29. The maximum absolute atomic E-state index is 6.17. The van der Waals surface area contributed by atoms with Crippen molar-refractivity contribution in [3.63, 3.8) is 0 Å². The summed E-state index contributed by atoms with van der Waals surface area (Å²) in [5.41, 5.74) is 9.44. The fraction of sp³-hybridized carbons (Fsp3) is 0.500. The second-order valence-corrected chi connectivity index (χ2v) is 5.53. The Morgan fingerprint density at radius 2 is 1.38 bits per heavy atom. The topological polar surface area (TPSA) is 32.5 Å². The molecule has 0 unspecified atom stereocenters. The molecule has 0 bridgehead atoms. The van der Waals surface area contributed by atoms with Crippen LogP contribution in [-0.2, 0) is 13.1 Å². The van der Waals surface area contributed by atoms with E-state index in [4.69, 9.17) is 5.73 Å². The summed E-state index contributed by atoms with van der Waals surface area (Å²) in [7, 11) is 8.19. The first-order chi connectivity index (χ1) is 7.40. The first kappa shape index (κ1) is 13.5. The van der Waals surface area contributed by atoms with Gasteiger partial charge < -0.3 is 15.5 Å². The van der Waals surface area contributed by atoms with Gasteiger partial charge in [0.1, 0.15) is 0 Å². The van der Waals surface area contributed by atoms with Crippen LogP contribution in [-0.4, -0.2) is 38.0 Å². The number of hydrogen-bond acceptors (Lipinski definition) is 3. The number of anilines is 1. The standard InChI is InChI=1S/C12H20BrN3/c1-15(2)7-9-5-11(13)6-10(12(9)14)8-16(3)4/h5-6H,7-8,14H2,1-4H3. The molecular weight excluding hydrogens is 266 g/mol. The molecule has 1 rings (SSSR count). The highest BCUT2D eigenvalue weighted by atomic mass is 79.9. The molecule has 0 aliphatic rings. The van der Waals surface area contributed by atoms with Crippen molar-refractivity contribution in [3.8, 4) is 0 Å². The largest absolute Gasteiger partial charge is 0.398 e. The van der Waals surface area contributed by atoms with Gasteiger partial charge in [0.05, 0.1) is 0 Å². The van der Waals surface area contributed by atoms with E-state index < -0.39 is 0 Å². The lowest BCUT2D eigenvalue weighted by molar-refractivity contribution is 0.397. The summed E-state index contributed by atoms with van der Waals surface area (Å²) in [4.78, 5) is 4.25. The van der Waals surface area contributed by atoms with E-state index in [1.54, 1.807) is 0 Å². The highest BCUT2D eigenvalue weighted by molar-refractivity contribution is 9.10. The summed E-state index contributed by atoms with van der Waals surface area (Å²) < 4.78 is 1.09. The normalized spacial score (nSPS) is 11.4. The van der Waals surface area contributed by atoms with Gasteiger partial charge in [0.2, 0.25) is 0 Å². The zero-order valence-electron chi connectivity index (χ0n) is 10.4. The Bertz CT molecular complexity index is 330. The minimum Gasteiger partial charge on any atom is -0.398 e. The molecule has 0 amide bonds. The molecule has 90 valence electrons. The van der Waals surface area contributed by atoms with Gasteiger partial charge in [-0.3, -0.25) is 0 Å². The van der Waals surface area contributed by atoms with Crippen molar-refractivity contribution in [1.29, 1.82) is 0 Å². The van der Waals surface area contributed by atoms with Crippen LogP contribution in [0.1, 0.15) is 11.1 Å². The Kier molecular flexibility index (Phi) is 4.77. The number of hydrogen-bond donors (Lipinski definition) is 1. The molecule has 0 spiro atoms. The van der Waals surface area contributed by atoms with Crippen LogP contribution in [0, 0.1) is 0 Å². The summed E-state index contributed by atoms with van der Waals surface area (Å²) in [6.45, 7) is 1.73. The van der Waals surface area contributed by atoms with Gasteiger partial charge >= 0.3 is 0 Å². The SMILES string of the molecule is CN(C)Cc1cc(Br)cc(CN(C)C)c1N. The maximum atomic E-state index is 6.17. The zero-order valence-corrected chi connectivity index (χ0v) is 12.0. The van der Waals surface area contributed by atoms with E-state index in [9.17, 15) is 0 Å². The minimum absolute atomic E-state index is 0.867. The number of nitrogens with zero attached hydrogens (tertiary/aromatic N) is 2. The van der Waals surface area contributed by atoms with Crippen molar-refractivity contribution in [1.82, 2.24) is 9.80 Å². The Labute approximate surface area is 106 Å². The van der Waals surface area contributed by atoms with Crippen LogP contribution in [0.4, 0.5) is 5.69 Å². The number of nitrogens with two attached hydrogens (primary N) is 1. The average molecular weight is 286 g/mol. The smallest absolute Gasteiger partial charge is 0.0406 e. The molecule has 1 aromatic rings. The predicted octanol–water partition coefficient (Wildman–Crippen LogP) is 2.15. The van der Waals surface area contributed by atoms with Crippen LogP contribution in [0.25, 0.3) is 0 Å². The average Bonchev–Trinajstić information content (AvgIpc) is 2.11. The first-order valence-corrected chi connectivity index (χ1v) is 6.05. The Morgan fingerprint density at radius 1 is 1.00 bits per heavy atom. The van der Waals surface area contributed by atoms with E-state index in [0.717, 1.165) is 23.2 Å². The van der Waals surface area contributed by atoms with Gasteiger partial charge in [0.25, 0.3) is 0 Å². The van der Waals surface area contributed by atoms with E-state index in [1.165, 1.54) is 11.1 Å². The van der Waals surface area contributed by atoms with E-state index in [1.807, 2.05) is 28.2 Å². The molecule has 3 nitrogen and oxygen atoms in total. The summed E-state index contributed by atoms with van der Waals surface area (Å²) in [6.07, 6.45) is 0. The predicted molar refractivity (Wildman–Crippen MR) is 73.3 cm³/mol. The quantitative estimate of drug-likeness (QED) is 0.861. The second-order valence-electron chi connectivity index (χ2n) is 4.61. The third kappa shape index (κ3) is 3.77. The van der Waals surface area contributed by atoms with Crippen molar-refractivity contribution in [2.24, 2.45) is 0 Å². The molecule has 0 atom stereocenters. The summed E-state index contributed by atoms with van der Waals surface area (Å²) in [5.74, 6) is 0. The molecule has 1 aromatic carbocycles. The van der Waals surface area contributed by atoms with Crippen LogP contribution in [0.2, 0.25) is 0 Å². The van der Waals surface area contributed by atoms with Crippen LogP contribution in [0.5, 0.6) is 0 Å². The van der Waals surface area contributed by atoms with E-state index in [2.05, 4.69) is 37.9 Å². The molecule has 0 aromatic heterocycles. The number of nitrogen functional groups attached to an aromatic ring is 1. The van der Waals surface area contributed by atoms with Gasteiger partial charge in [-0.2, -0.15) is 0 Å².